The third kappa shape index (κ3) is 4.22. The van der Waals surface area contributed by atoms with E-state index in [0.717, 1.165) is 44.9 Å². The highest BCUT2D eigenvalue weighted by Crippen LogP contribution is 2.29. The molecule has 2 saturated carbocycles. The molecule has 4 heteroatoms. The Kier molecular flexibility index (Phi) is 5.23. The third-order valence-electron chi connectivity index (χ3n) is 4.63. The minimum atomic E-state index is -0.754. The molecule has 2 rings (SSSR count). The lowest BCUT2D eigenvalue weighted by atomic mass is 9.82. The van der Waals surface area contributed by atoms with Crippen LogP contribution in [0, 0.1) is 11.8 Å². The summed E-state index contributed by atoms with van der Waals surface area (Å²) < 4.78 is 0. The first kappa shape index (κ1) is 14.4. The Hall–Kier alpha value is -1.06. The minimum Gasteiger partial charge on any atom is -0.481 e. The number of aliphatic carboxylic acids is 1. The molecule has 0 bridgehead atoms. The van der Waals surface area contributed by atoms with Crippen LogP contribution in [0.25, 0.3) is 0 Å². The molecule has 0 radical (unpaired) electrons. The molecule has 0 aromatic heterocycles. The molecule has 0 saturated heterocycles. The Bertz CT molecular complexity index is 325. The zero-order valence-electron chi connectivity index (χ0n) is 11.6. The summed E-state index contributed by atoms with van der Waals surface area (Å²) in [5, 5.41) is 12.3. The van der Waals surface area contributed by atoms with Crippen molar-refractivity contribution in [2.45, 2.75) is 70.3 Å². The van der Waals surface area contributed by atoms with Crippen LogP contribution in [0.1, 0.15) is 64.2 Å². The third-order valence-corrected chi connectivity index (χ3v) is 4.63. The summed E-state index contributed by atoms with van der Waals surface area (Å²) in [6.45, 7) is 0. The van der Waals surface area contributed by atoms with Gasteiger partial charge in [0.1, 0.15) is 0 Å². The van der Waals surface area contributed by atoms with Crippen molar-refractivity contribution in [1.29, 1.82) is 0 Å². The molecule has 0 aromatic carbocycles. The molecule has 19 heavy (non-hydrogen) atoms. The van der Waals surface area contributed by atoms with Gasteiger partial charge < -0.3 is 10.4 Å². The van der Waals surface area contributed by atoms with Gasteiger partial charge in [0.25, 0.3) is 0 Å². The smallest absolute Gasteiger partial charge is 0.308 e. The van der Waals surface area contributed by atoms with Crippen LogP contribution in [0.4, 0.5) is 0 Å². The number of carboxylic acid groups (broad SMARTS) is 1. The molecule has 2 unspecified atom stereocenters. The number of carboxylic acids is 1. The molecule has 2 fully saturated rings. The summed E-state index contributed by atoms with van der Waals surface area (Å²) in [6, 6.07) is -0.162. The summed E-state index contributed by atoms with van der Waals surface area (Å²) in [5.41, 5.74) is 0. The van der Waals surface area contributed by atoms with Crippen LogP contribution in [0.5, 0.6) is 0 Å². The molecule has 0 heterocycles. The second-order valence-corrected chi connectivity index (χ2v) is 6.11. The van der Waals surface area contributed by atoms with E-state index in [-0.39, 0.29) is 11.9 Å². The largest absolute Gasteiger partial charge is 0.481 e. The van der Waals surface area contributed by atoms with Crippen LogP contribution in [-0.2, 0) is 9.59 Å². The Morgan fingerprint density at radius 3 is 2.21 bits per heavy atom. The topological polar surface area (TPSA) is 66.4 Å². The summed E-state index contributed by atoms with van der Waals surface area (Å²) in [4.78, 5) is 23.3. The van der Waals surface area contributed by atoms with E-state index in [4.69, 9.17) is 0 Å². The normalized spacial score (nSPS) is 28.8. The second kappa shape index (κ2) is 6.92. The van der Waals surface area contributed by atoms with Crippen LogP contribution in [-0.4, -0.2) is 23.0 Å². The van der Waals surface area contributed by atoms with Gasteiger partial charge in [-0.15, -0.1) is 0 Å². The van der Waals surface area contributed by atoms with Crippen molar-refractivity contribution in [3.05, 3.63) is 0 Å². The van der Waals surface area contributed by atoms with Crippen molar-refractivity contribution in [3.8, 4) is 0 Å². The van der Waals surface area contributed by atoms with E-state index < -0.39 is 11.9 Å². The van der Waals surface area contributed by atoms with Gasteiger partial charge in [0.15, 0.2) is 0 Å². The van der Waals surface area contributed by atoms with E-state index in [0.29, 0.717) is 18.8 Å². The molecule has 0 aromatic rings. The summed E-state index contributed by atoms with van der Waals surface area (Å²) in [5.74, 6) is -0.556. The van der Waals surface area contributed by atoms with Crippen molar-refractivity contribution in [2.75, 3.05) is 0 Å². The van der Waals surface area contributed by atoms with Crippen LogP contribution < -0.4 is 5.32 Å². The van der Waals surface area contributed by atoms with Gasteiger partial charge in [-0.1, -0.05) is 32.1 Å². The van der Waals surface area contributed by atoms with Gasteiger partial charge in [-0.05, 0) is 31.6 Å². The van der Waals surface area contributed by atoms with Gasteiger partial charge >= 0.3 is 5.97 Å². The van der Waals surface area contributed by atoms with Crippen LogP contribution >= 0.6 is 0 Å². The molecule has 108 valence electrons. The van der Waals surface area contributed by atoms with Crippen molar-refractivity contribution < 1.29 is 14.7 Å². The molecule has 1 amide bonds. The SMILES string of the molecule is O=C(CC1CCC1)NC1CCCCCCC1C(=O)O. The Morgan fingerprint density at radius 2 is 1.63 bits per heavy atom. The number of nitrogens with one attached hydrogen (secondary N) is 1. The fourth-order valence-electron chi connectivity index (χ4n) is 3.18. The minimum absolute atomic E-state index is 0.0570. The van der Waals surface area contributed by atoms with E-state index in [2.05, 4.69) is 5.32 Å². The van der Waals surface area contributed by atoms with Crippen molar-refractivity contribution in [2.24, 2.45) is 11.8 Å². The van der Waals surface area contributed by atoms with E-state index >= 15 is 0 Å². The van der Waals surface area contributed by atoms with E-state index in [1.165, 1.54) is 6.42 Å². The Balaban J connectivity index is 1.88. The first-order valence-electron chi connectivity index (χ1n) is 7.69. The van der Waals surface area contributed by atoms with Crippen LogP contribution in [0.15, 0.2) is 0 Å². The molecular weight excluding hydrogens is 242 g/mol. The molecule has 0 spiro atoms. The standard InChI is InChI=1S/C15H25NO3/c17-14(10-11-6-5-7-11)16-13-9-4-2-1-3-8-12(13)15(18)19/h11-13H,1-10H2,(H,16,17)(H,18,19). The average molecular weight is 267 g/mol. The highest BCUT2D eigenvalue weighted by molar-refractivity contribution is 5.78. The zero-order valence-corrected chi connectivity index (χ0v) is 11.6. The molecule has 0 aliphatic heterocycles. The molecule has 2 aliphatic carbocycles. The highest BCUT2D eigenvalue weighted by atomic mass is 16.4. The molecule has 2 atom stereocenters. The fraction of sp³-hybridized carbons (Fsp3) is 0.867. The fourth-order valence-corrected chi connectivity index (χ4v) is 3.18. The first-order valence-corrected chi connectivity index (χ1v) is 7.69. The lowest BCUT2D eigenvalue weighted by Crippen LogP contribution is -2.44. The number of rotatable bonds is 4. The maximum Gasteiger partial charge on any atom is 0.308 e. The highest BCUT2D eigenvalue weighted by Gasteiger charge is 2.30. The number of hydrogen-bond acceptors (Lipinski definition) is 2. The van der Waals surface area contributed by atoms with Crippen LogP contribution in [0.2, 0.25) is 0 Å². The lowest BCUT2D eigenvalue weighted by Gasteiger charge is -2.29. The van der Waals surface area contributed by atoms with Gasteiger partial charge in [0.05, 0.1) is 5.92 Å². The maximum atomic E-state index is 12.0. The Morgan fingerprint density at radius 1 is 0.947 bits per heavy atom. The van der Waals surface area contributed by atoms with Gasteiger partial charge in [0.2, 0.25) is 5.91 Å². The first-order chi connectivity index (χ1) is 9.16. The van der Waals surface area contributed by atoms with Gasteiger partial charge in [0, 0.05) is 12.5 Å². The second-order valence-electron chi connectivity index (χ2n) is 6.11. The van der Waals surface area contributed by atoms with Crippen molar-refractivity contribution >= 4 is 11.9 Å². The predicted octanol–water partition coefficient (Wildman–Crippen LogP) is 2.72. The number of amides is 1. The lowest BCUT2D eigenvalue weighted by molar-refractivity contribution is -0.143. The van der Waals surface area contributed by atoms with Gasteiger partial charge in [-0.25, -0.2) is 0 Å². The number of hydrogen-bond donors (Lipinski definition) is 2. The predicted molar refractivity (Wildman–Crippen MR) is 72.7 cm³/mol. The summed E-state index contributed by atoms with van der Waals surface area (Å²) >= 11 is 0. The summed E-state index contributed by atoms with van der Waals surface area (Å²) in [6.07, 6.45) is 9.90. The van der Waals surface area contributed by atoms with Gasteiger partial charge in [-0.2, -0.15) is 0 Å². The summed E-state index contributed by atoms with van der Waals surface area (Å²) in [7, 11) is 0. The average Bonchev–Trinajstić information content (AvgIpc) is 2.27. The number of carbonyl (C=O) groups is 2. The van der Waals surface area contributed by atoms with E-state index in [9.17, 15) is 14.7 Å². The quantitative estimate of drug-likeness (QED) is 0.823. The molecule has 4 nitrogen and oxygen atoms in total. The number of carbonyl (C=O) groups excluding carboxylic acids is 1. The molecule has 2 aliphatic rings. The zero-order chi connectivity index (χ0) is 13.7. The molecular formula is C15H25NO3. The van der Waals surface area contributed by atoms with Crippen molar-refractivity contribution in [1.82, 2.24) is 5.32 Å². The van der Waals surface area contributed by atoms with Crippen LogP contribution in [0.3, 0.4) is 0 Å². The maximum absolute atomic E-state index is 12.0. The van der Waals surface area contributed by atoms with Gasteiger partial charge in [-0.3, -0.25) is 9.59 Å². The Labute approximate surface area is 115 Å². The van der Waals surface area contributed by atoms with E-state index in [1.807, 2.05) is 0 Å². The molecule has 2 N–H and O–H groups in total. The monoisotopic (exact) mass is 267 g/mol. The van der Waals surface area contributed by atoms with Crippen molar-refractivity contribution in [3.63, 3.8) is 0 Å². The van der Waals surface area contributed by atoms with E-state index in [1.54, 1.807) is 0 Å².